The average Bonchev–Trinajstić information content (AvgIpc) is 2.79. The number of rotatable bonds is 11. The summed E-state index contributed by atoms with van der Waals surface area (Å²) in [5, 5.41) is 10.5. The highest BCUT2D eigenvalue weighted by Crippen LogP contribution is 2.25. The molecule has 0 aromatic rings. The highest BCUT2D eigenvalue weighted by molar-refractivity contribution is 5.92. The molecule has 0 aromatic heterocycles. The van der Waals surface area contributed by atoms with Gasteiger partial charge in [0.15, 0.2) is 0 Å². The van der Waals surface area contributed by atoms with Crippen molar-refractivity contribution in [1.29, 1.82) is 0 Å². The van der Waals surface area contributed by atoms with Gasteiger partial charge in [-0.15, -0.1) is 6.58 Å². The van der Waals surface area contributed by atoms with Crippen LogP contribution in [0.25, 0.3) is 0 Å². The van der Waals surface area contributed by atoms with E-state index in [2.05, 4.69) is 63.6 Å². The number of amides is 1. The number of ether oxygens (including phenoxy) is 1. The zero-order valence-electron chi connectivity index (χ0n) is 23.0. The number of carbonyl (C=O) groups excluding carboxylic acids is 1. The molecule has 1 fully saturated rings. The summed E-state index contributed by atoms with van der Waals surface area (Å²) in [6, 6.07) is 0.336. The molecule has 1 saturated heterocycles. The molecule has 0 bridgehead atoms. The molecule has 6 heteroatoms. The Labute approximate surface area is 209 Å². The van der Waals surface area contributed by atoms with Gasteiger partial charge >= 0.3 is 0 Å². The van der Waals surface area contributed by atoms with Gasteiger partial charge in [-0.2, -0.15) is 0 Å². The minimum absolute atomic E-state index is 0.178. The molecule has 6 nitrogen and oxygen atoms in total. The van der Waals surface area contributed by atoms with Crippen molar-refractivity contribution in [3.63, 3.8) is 0 Å². The summed E-state index contributed by atoms with van der Waals surface area (Å²) >= 11 is 0. The van der Waals surface area contributed by atoms with E-state index in [1.54, 1.807) is 19.9 Å². The third kappa shape index (κ3) is 14.8. The monoisotopic (exact) mass is 477 g/mol. The van der Waals surface area contributed by atoms with E-state index < -0.39 is 0 Å². The Morgan fingerprint density at radius 1 is 1.21 bits per heavy atom. The minimum atomic E-state index is -0.178. The summed E-state index contributed by atoms with van der Waals surface area (Å²) in [5.74, 6) is 1.21. The van der Waals surface area contributed by atoms with Gasteiger partial charge in [0.25, 0.3) is 5.91 Å². The van der Waals surface area contributed by atoms with Gasteiger partial charge in [0.2, 0.25) is 0 Å². The molecule has 1 aliphatic rings. The van der Waals surface area contributed by atoms with Crippen LogP contribution in [0.4, 0.5) is 0 Å². The first-order chi connectivity index (χ1) is 16.2. The van der Waals surface area contributed by atoms with Crippen molar-refractivity contribution in [3.05, 3.63) is 59.6 Å². The maximum atomic E-state index is 11.7. The Hall–Kier alpha value is -2.31. The average molecular weight is 478 g/mol. The lowest BCUT2D eigenvalue weighted by molar-refractivity contribution is -0.118. The fourth-order valence-electron chi connectivity index (χ4n) is 3.07. The maximum absolute atomic E-state index is 11.7. The predicted octanol–water partition coefficient (Wildman–Crippen LogP) is 5.09. The van der Waals surface area contributed by atoms with Gasteiger partial charge in [0, 0.05) is 38.2 Å². The molecule has 0 saturated carbocycles. The Balaban J connectivity index is 0. The molecular formula is C28H51N3O3. The first-order valence-corrected chi connectivity index (χ1v) is 12.5. The Kier molecular flexibility index (Phi) is 21.2. The van der Waals surface area contributed by atoms with Crippen molar-refractivity contribution in [3.8, 4) is 0 Å². The third-order valence-corrected chi connectivity index (χ3v) is 5.16. The molecule has 0 aliphatic carbocycles. The smallest absolute Gasteiger partial charge is 0.266 e. The van der Waals surface area contributed by atoms with E-state index in [1.165, 1.54) is 11.1 Å². The second-order valence-corrected chi connectivity index (χ2v) is 8.29. The predicted molar refractivity (Wildman–Crippen MR) is 146 cm³/mol. The number of hydrogen-bond acceptors (Lipinski definition) is 5. The SMILES string of the molecule is C/C=C(/C=C\C(=C(C)C)C(C)N1CC(CNC(=O)/C(N)=C/C)C1)OCCC.C=CCC.CCO. The lowest BCUT2D eigenvalue weighted by atomic mass is 9.93. The maximum Gasteiger partial charge on any atom is 0.266 e. The van der Waals surface area contributed by atoms with Crippen molar-refractivity contribution >= 4 is 5.91 Å². The summed E-state index contributed by atoms with van der Waals surface area (Å²) in [5.41, 5.74) is 8.52. The van der Waals surface area contributed by atoms with Gasteiger partial charge in [-0.05, 0) is 72.1 Å². The van der Waals surface area contributed by atoms with Gasteiger partial charge in [-0.1, -0.05) is 37.6 Å². The number of nitrogens with one attached hydrogen (secondary N) is 1. The molecule has 34 heavy (non-hydrogen) atoms. The molecule has 1 amide bonds. The van der Waals surface area contributed by atoms with Crippen LogP contribution in [-0.4, -0.2) is 54.8 Å². The number of aliphatic hydroxyl groups excluding tert-OH is 1. The van der Waals surface area contributed by atoms with Crippen LogP contribution in [0, 0.1) is 5.92 Å². The van der Waals surface area contributed by atoms with E-state index in [4.69, 9.17) is 15.6 Å². The number of aliphatic hydroxyl groups is 1. The summed E-state index contributed by atoms with van der Waals surface area (Å²) in [6.07, 6.45) is 11.8. The third-order valence-electron chi connectivity index (χ3n) is 5.16. The fourth-order valence-corrected chi connectivity index (χ4v) is 3.07. The molecule has 1 atom stereocenters. The van der Waals surface area contributed by atoms with Crippen LogP contribution >= 0.6 is 0 Å². The Morgan fingerprint density at radius 3 is 2.18 bits per heavy atom. The van der Waals surface area contributed by atoms with Crippen LogP contribution in [0.15, 0.2) is 59.6 Å². The van der Waals surface area contributed by atoms with E-state index in [-0.39, 0.29) is 18.2 Å². The van der Waals surface area contributed by atoms with Crippen molar-refractivity contribution in [2.24, 2.45) is 11.7 Å². The van der Waals surface area contributed by atoms with Crippen LogP contribution < -0.4 is 11.1 Å². The van der Waals surface area contributed by atoms with E-state index in [9.17, 15) is 4.79 Å². The molecular weight excluding hydrogens is 426 g/mol. The number of likely N-dealkylation sites (tertiary alicyclic amines) is 1. The number of hydrogen-bond donors (Lipinski definition) is 3. The summed E-state index contributed by atoms with van der Waals surface area (Å²) in [7, 11) is 0. The van der Waals surface area contributed by atoms with Crippen molar-refractivity contribution in [1.82, 2.24) is 10.2 Å². The number of carbonyl (C=O) groups is 1. The molecule has 1 heterocycles. The summed E-state index contributed by atoms with van der Waals surface area (Å²) < 4.78 is 5.73. The number of nitrogens with zero attached hydrogens (tertiary/aromatic N) is 1. The summed E-state index contributed by atoms with van der Waals surface area (Å²) in [6.45, 7) is 23.2. The van der Waals surface area contributed by atoms with Gasteiger partial charge < -0.3 is 20.9 Å². The van der Waals surface area contributed by atoms with Crippen LogP contribution in [-0.2, 0) is 9.53 Å². The van der Waals surface area contributed by atoms with E-state index in [0.29, 0.717) is 18.5 Å². The van der Waals surface area contributed by atoms with Crippen molar-refractivity contribution in [2.75, 3.05) is 32.8 Å². The largest absolute Gasteiger partial charge is 0.494 e. The standard InChI is InChI=1S/C22H37N3O2.C4H8.C2H6O/c1-7-12-27-19(8-2)10-11-20(16(4)5)17(6)25-14-18(15-25)13-24-22(26)21(23)9-3;1-3-4-2;1-2-3/h8-11,17-18H,7,12-15,23H2,1-6H3,(H,24,26);3H,1,4H2,2H3;3H,2H2,1H3/b11-10-,19-8-,21-9-;;. The topological polar surface area (TPSA) is 87.8 Å². The minimum Gasteiger partial charge on any atom is -0.494 e. The van der Waals surface area contributed by atoms with Gasteiger partial charge in [0.1, 0.15) is 5.76 Å². The van der Waals surface area contributed by atoms with Gasteiger partial charge in [0.05, 0.1) is 12.3 Å². The van der Waals surface area contributed by atoms with Crippen LogP contribution in [0.5, 0.6) is 0 Å². The van der Waals surface area contributed by atoms with Crippen LogP contribution in [0.2, 0.25) is 0 Å². The molecule has 0 radical (unpaired) electrons. The quantitative estimate of drug-likeness (QED) is 0.167. The van der Waals surface area contributed by atoms with Crippen molar-refractivity contribution < 1.29 is 14.6 Å². The van der Waals surface area contributed by atoms with Crippen molar-refractivity contribution in [2.45, 2.75) is 74.3 Å². The first kappa shape index (κ1) is 33.9. The fraction of sp³-hybridized carbons (Fsp3) is 0.607. The van der Waals surface area contributed by atoms with Gasteiger partial charge in [-0.3, -0.25) is 9.69 Å². The molecule has 0 spiro atoms. The van der Waals surface area contributed by atoms with E-state index >= 15 is 0 Å². The number of allylic oxidation sites excluding steroid dienone is 5. The van der Waals surface area contributed by atoms with Crippen LogP contribution in [0.1, 0.15) is 68.2 Å². The molecule has 4 N–H and O–H groups in total. The van der Waals surface area contributed by atoms with E-state index in [1.807, 2.05) is 19.1 Å². The van der Waals surface area contributed by atoms with E-state index in [0.717, 1.165) is 38.3 Å². The zero-order valence-corrected chi connectivity index (χ0v) is 23.0. The first-order valence-electron chi connectivity index (χ1n) is 12.5. The second kappa shape index (κ2) is 21.2. The zero-order chi connectivity index (χ0) is 26.5. The Morgan fingerprint density at radius 2 is 1.76 bits per heavy atom. The second-order valence-electron chi connectivity index (χ2n) is 8.29. The molecule has 1 rings (SSSR count). The molecule has 196 valence electrons. The normalized spacial score (nSPS) is 15.2. The highest BCUT2D eigenvalue weighted by atomic mass is 16.5. The lowest BCUT2D eigenvalue weighted by Gasteiger charge is -2.44. The number of nitrogens with two attached hydrogens (primary N) is 1. The summed E-state index contributed by atoms with van der Waals surface area (Å²) in [4.78, 5) is 14.2. The molecule has 1 unspecified atom stereocenters. The lowest BCUT2D eigenvalue weighted by Crippen LogP contribution is -2.55. The highest BCUT2D eigenvalue weighted by Gasteiger charge is 2.31. The molecule has 0 aromatic carbocycles. The Bertz CT molecular complexity index is 683. The van der Waals surface area contributed by atoms with Gasteiger partial charge in [-0.25, -0.2) is 0 Å². The molecule has 1 aliphatic heterocycles. The van der Waals surface area contributed by atoms with Crippen LogP contribution in [0.3, 0.4) is 0 Å².